The van der Waals surface area contributed by atoms with Gasteiger partial charge in [0.2, 0.25) is 0 Å². The van der Waals surface area contributed by atoms with E-state index in [-0.39, 0.29) is 11.4 Å². The molecule has 0 fully saturated rings. The van der Waals surface area contributed by atoms with E-state index in [4.69, 9.17) is 4.74 Å². The molecule has 92 valence electrons. The normalized spacial score (nSPS) is 11.1. The van der Waals surface area contributed by atoms with Gasteiger partial charge in [0.25, 0.3) is 0 Å². The summed E-state index contributed by atoms with van der Waals surface area (Å²) in [6, 6.07) is 1.89. The van der Waals surface area contributed by atoms with Gasteiger partial charge in [0, 0.05) is 17.3 Å². The summed E-state index contributed by atoms with van der Waals surface area (Å²) in [5.41, 5.74) is 2.11. The molecule has 1 aromatic rings. The zero-order valence-corrected chi connectivity index (χ0v) is 10.9. The largest absolute Gasteiger partial charge is 0.462 e. The average Bonchev–Trinajstić information content (AvgIpc) is 2.27. The van der Waals surface area contributed by atoms with Crippen LogP contribution in [0.2, 0.25) is 0 Å². The van der Waals surface area contributed by atoms with Crippen molar-refractivity contribution in [3.05, 3.63) is 35.7 Å². The lowest BCUT2D eigenvalue weighted by Crippen LogP contribution is -2.15. The van der Waals surface area contributed by atoms with Gasteiger partial charge in [-0.25, -0.2) is 4.79 Å². The Labute approximate surface area is 103 Å². The highest BCUT2D eigenvalue weighted by atomic mass is 16.5. The van der Waals surface area contributed by atoms with Gasteiger partial charge in [0.05, 0.1) is 12.2 Å². The summed E-state index contributed by atoms with van der Waals surface area (Å²) in [7, 11) is 0. The maximum atomic E-state index is 11.7. The van der Waals surface area contributed by atoms with Crippen molar-refractivity contribution in [3.8, 4) is 0 Å². The Bertz CT molecular complexity index is 430. The molecule has 1 aromatic heterocycles. The zero-order valence-electron chi connectivity index (χ0n) is 10.9. The molecule has 0 aromatic carbocycles. The lowest BCUT2D eigenvalue weighted by Gasteiger charge is -2.18. The van der Waals surface area contributed by atoms with Crippen molar-refractivity contribution in [3.63, 3.8) is 0 Å². The highest BCUT2D eigenvalue weighted by Gasteiger charge is 2.19. The van der Waals surface area contributed by atoms with E-state index in [1.807, 2.05) is 6.07 Å². The number of hydrogen-bond acceptors (Lipinski definition) is 3. The Balaban J connectivity index is 3.19. The Kier molecular flexibility index (Phi) is 4.05. The van der Waals surface area contributed by atoms with Crippen molar-refractivity contribution in [2.45, 2.75) is 33.1 Å². The van der Waals surface area contributed by atoms with Crippen molar-refractivity contribution >= 4 is 12.0 Å². The van der Waals surface area contributed by atoms with Gasteiger partial charge in [-0.15, -0.1) is 0 Å². The standard InChI is InChI=1S/C14H19NO2/c1-6-10-8-12(14(3,4)5)15-9-11(10)13(16)17-7-2/h6,8-9H,1,7H2,2-5H3. The van der Waals surface area contributed by atoms with E-state index in [1.165, 1.54) is 0 Å². The van der Waals surface area contributed by atoms with Crippen LogP contribution in [-0.4, -0.2) is 17.6 Å². The second kappa shape index (κ2) is 5.13. The molecule has 3 heteroatoms. The molecule has 1 rings (SSSR count). The van der Waals surface area contributed by atoms with Gasteiger partial charge in [-0.1, -0.05) is 33.4 Å². The second-order valence-electron chi connectivity index (χ2n) is 4.83. The third-order valence-corrected chi connectivity index (χ3v) is 2.42. The predicted molar refractivity (Wildman–Crippen MR) is 69.0 cm³/mol. The van der Waals surface area contributed by atoms with Crippen LogP contribution in [0.1, 0.15) is 49.3 Å². The fraction of sp³-hybridized carbons (Fsp3) is 0.429. The summed E-state index contributed by atoms with van der Waals surface area (Å²) < 4.78 is 4.97. The van der Waals surface area contributed by atoms with E-state index in [1.54, 1.807) is 19.2 Å². The van der Waals surface area contributed by atoms with E-state index >= 15 is 0 Å². The third kappa shape index (κ3) is 3.16. The molecule has 17 heavy (non-hydrogen) atoms. The predicted octanol–water partition coefficient (Wildman–Crippen LogP) is 3.20. The van der Waals surface area contributed by atoms with Crippen LogP contribution in [0.3, 0.4) is 0 Å². The van der Waals surface area contributed by atoms with E-state index in [0.717, 1.165) is 11.3 Å². The average molecular weight is 233 g/mol. The molecule has 0 radical (unpaired) electrons. The van der Waals surface area contributed by atoms with E-state index in [2.05, 4.69) is 32.3 Å². The van der Waals surface area contributed by atoms with Crippen LogP contribution in [0.4, 0.5) is 0 Å². The number of ether oxygens (including phenoxy) is 1. The van der Waals surface area contributed by atoms with Crippen LogP contribution in [-0.2, 0) is 10.2 Å². The lowest BCUT2D eigenvalue weighted by atomic mass is 9.90. The van der Waals surface area contributed by atoms with Gasteiger partial charge in [-0.2, -0.15) is 0 Å². The van der Waals surface area contributed by atoms with E-state index in [9.17, 15) is 4.79 Å². The van der Waals surface area contributed by atoms with Crippen molar-refractivity contribution in [1.82, 2.24) is 4.98 Å². The zero-order chi connectivity index (χ0) is 13.1. The molecule has 0 atom stereocenters. The number of hydrogen-bond donors (Lipinski definition) is 0. The quantitative estimate of drug-likeness (QED) is 0.752. The summed E-state index contributed by atoms with van der Waals surface area (Å²) in [6.45, 7) is 12.1. The minimum absolute atomic E-state index is 0.0506. The van der Waals surface area contributed by atoms with Crippen molar-refractivity contribution in [1.29, 1.82) is 0 Å². The second-order valence-corrected chi connectivity index (χ2v) is 4.83. The Hall–Kier alpha value is -1.64. The molecule has 0 N–H and O–H groups in total. The number of esters is 1. The Morgan fingerprint density at radius 2 is 2.18 bits per heavy atom. The SMILES string of the molecule is C=Cc1cc(C(C)(C)C)ncc1C(=O)OCC. The minimum atomic E-state index is -0.352. The molecular formula is C14H19NO2. The molecular weight excluding hydrogens is 214 g/mol. The molecule has 0 spiro atoms. The first-order chi connectivity index (χ1) is 7.90. The van der Waals surface area contributed by atoms with Crippen LogP contribution in [0.25, 0.3) is 6.08 Å². The molecule has 0 aliphatic rings. The van der Waals surface area contributed by atoms with Gasteiger partial charge in [0.1, 0.15) is 0 Å². The lowest BCUT2D eigenvalue weighted by molar-refractivity contribution is 0.0525. The summed E-state index contributed by atoms with van der Waals surface area (Å²) in [6.07, 6.45) is 3.22. The fourth-order valence-corrected chi connectivity index (χ4v) is 1.43. The van der Waals surface area contributed by atoms with Gasteiger partial charge < -0.3 is 4.74 Å². The molecule has 1 heterocycles. The molecule has 0 aliphatic carbocycles. The summed E-state index contributed by atoms with van der Waals surface area (Å²) in [5.74, 6) is -0.352. The number of pyridine rings is 1. The number of nitrogens with zero attached hydrogens (tertiary/aromatic N) is 1. The molecule has 0 saturated carbocycles. The summed E-state index contributed by atoms with van der Waals surface area (Å²) in [5, 5.41) is 0. The molecule has 3 nitrogen and oxygen atoms in total. The number of carbonyl (C=O) groups is 1. The number of rotatable bonds is 3. The van der Waals surface area contributed by atoms with Crippen molar-refractivity contribution in [2.75, 3.05) is 6.61 Å². The number of aromatic nitrogens is 1. The summed E-state index contributed by atoms with van der Waals surface area (Å²) >= 11 is 0. The molecule has 0 aliphatic heterocycles. The van der Waals surface area contributed by atoms with E-state index < -0.39 is 0 Å². The molecule has 0 amide bonds. The maximum Gasteiger partial charge on any atom is 0.340 e. The molecule has 0 bridgehead atoms. The van der Waals surface area contributed by atoms with Gasteiger partial charge in [-0.05, 0) is 18.6 Å². The monoisotopic (exact) mass is 233 g/mol. The Morgan fingerprint density at radius 3 is 2.65 bits per heavy atom. The van der Waals surface area contributed by atoms with Crippen molar-refractivity contribution < 1.29 is 9.53 Å². The first kappa shape index (κ1) is 13.4. The fourth-order valence-electron chi connectivity index (χ4n) is 1.43. The topological polar surface area (TPSA) is 39.2 Å². The maximum absolute atomic E-state index is 11.7. The van der Waals surface area contributed by atoms with Crippen LogP contribution in [0.5, 0.6) is 0 Å². The van der Waals surface area contributed by atoms with Crippen LogP contribution in [0.15, 0.2) is 18.8 Å². The van der Waals surface area contributed by atoms with Crippen LogP contribution < -0.4 is 0 Å². The van der Waals surface area contributed by atoms with Gasteiger partial charge >= 0.3 is 5.97 Å². The van der Waals surface area contributed by atoms with Crippen molar-refractivity contribution in [2.24, 2.45) is 0 Å². The first-order valence-corrected chi connectivity index (χ1v) is 5.70. The first-order valence-electron chi connectivity index (χ1n) is 5.70. The molecule has 0 saturated heterocycles. The smallest absolute Gasteiger partial charge is 0.340 e. The number of carbonyl (C=O) groups excluding carboxylic acids is 1. The minimum Gasteiger partial charge on any atom is -0.462 e. The van der Waals surface area contributed by atoms with Crippen LogP contribution in [0, 0.1) is 0 Å². The Morgan fingerprint density at radius 1 is 1.53 bits per heavy atom. The van der Waals surface area contributed by atoms with Gasteiger partial charge in [-0.3, -0.25) is 4.98 Å². The van der Waals surface area contributed by atoms with Gasteiger partial charge in [0.15, 0.2) is 0 Å². The third-order valence-electron chi connectivity index (χ3n) is 2.42. The molecule has 0 unspecified atom stereocenters. The highest BCUT2D eigenvalue weighted by molar-refractivity contribution is 5.93. The van der Waals surface area contributed by atoms with E-state index in [0.29, 0.717) is 12.2 Å². The highest BCUT2D eigenvalue weighted by Crippen LogP contribution is 2.23. The van der Waals surface area contributed by atoms with Crippen LogP contribution >= 0.6 is 0 Å². The summed E-state index contributed by atoms with van der Waals surface area (Å²) in [4.78, 5) is 16.0.